The van der Waals surface area contributed by atoms with Crippen LogP contribution in [0.1, 0.15) is 6.92 Å². The lowest BCUT2D eigenvalue weighted by molar-refractivity contribution is -0.169. The van der Waals surface area contributed by atoms with Crippen molar-refractivity contribution in [2.75, 3.05) is 6.54 Å². The Balaban J connectivity index is 4.17. The summed E-state index contributed by atoms with van der Waals surface area (Å²) in [6.45, 7) is 0.985. The van der Waals surface area contributed by atoms with E-state index in [1.54, 1.807) is 11.4 Å². The molecule has 0 aromatic rings. The van der Waals surface area contributed by atoms with Gasteiger partial charge >= 0.3 is 12.3 Å². The first-order valence-corrected chi connectivity index (χ1v) is 3.66. The first-order chi connectivity index (χ1) is 6.32. The van der Waals surface area contributed by atoms with Crippen molar-refractivity contribution in [3.8, 4) is 6.07 Å². The molecule has 0 aliphatic rings. The number of amides is 1. The third kappa shape index (κ3) is 3.20. The zero-order valence-electron chi connectivity index (χ0n) is 7.23. The average molecular weight is 212 g/mol. The molecule has 1 atom stereocenters. The molecule has 7 heteroatoms. The van der Waals surface area contributed by atoms with E-state index in [4.69, 9.17) is 5.26 Å². The van der Waals surface area contributed by atoms with Crippen LogP contribution in [0, 0.1) is 17.2 Å². The molecule has 0 aliphatic heterocycles. The van der Waals surface area contributed by atoms with Crippen LogP contribution < -0.4 is 5.32 Å². The van der Waals surface area contributed by atoms with Crippen molar-refractivity contribution in [2.45, 2.75) is 19.3 Å². The summed E-state index contributed by atoms with van der Waals surface area (Å²) < 4.78 is 47.7. The van der Waals surface area contributed by atoms with Gasteiger partial charge in [0.2, 0.25) is 0 Å². The number of carbonyl (C=O) groups excluding carboxylic acids is 1. The maximum atomic E-state index is 12.2. The van der Waals surface area contributed by atoms with Gasteiger partial charge in [-0.2, -0.15) is 14.0 Å². The standard InChI is InChI=1S/C7H8F4N2O/c1-4(2-12)3-13-6(14)7(10,11)5(8)9/h4-5H,3H2,1H3,(H,13,14). The molecular weight excluding hydrogens is 204 g/mol. The number of hydrogen-bond acceptors (Lipinski definition) is 2. The normalized spacial score (nSPS) is 13.5. The van der Waals surface area contributed by atoms with Crippen LogP contribution in [0.25, 0.3) is 0 Å². The number of nitriles is 1. The van der Waals surface area contributed by atoms with Gasteiger partial charge in [-0.3, -0.25) is 4.79 Å². The molecule has 0 spiro atoms. The van der Waals surface area contributed by atoms with E-state index in [0.29, 0.717) is 0 Å². The summed E-state index contributed by atoms with van der Waals surface area (Å²) in [4.78, 5) is 10.5. The predicted octanol–water partition coefficient (Wildman–Crippen LogP) is 1.16. The molecule has 0 aromatic heterocycles. The van der Waals surface area contributed by atoms with Gasteiger partial charge < -0.3 is 5.32 Å². The van der Waals surface area contributed by atoms with E-state index in [2.05, 4.69) is 0 Å². The number of nitrogens with one attached hydrogen (secondary N) is 1. The lowest BCUT2D eigenvalue weighted by atomic mass is 10.2. The van der Waals surface area contributed by atoms with Crippen LogP contribution in [0.15, 0.2) is 0 Å². The van der Waals surface area contributed by atoms with Gasteiger partial charge in [-0.1, -0.05) is 0 Å². The molecule has 1 amide bonds. The van der Waals surface area contributed by atoms with Crippen LogP contribution in [-0.4, -0.2) is 24.8 Å². The van der Waals surface area contributed by atoms with Gasteiger partial charge in [0.15, 0.2) is 0 Å². The van der Waals surface area contributed by atoms with E-state index >= 15 is 0 Å². The summed E-state index contributed by atoms with van der Waals surface area (Å²) >= 11 is 0. The Labute approximate surface area is 77.7 Å². The Morgan fingerprint density at radius 1 is 1.57 bits per heavy atom. The average Bonchev–Trinajstić information content (AvgIpc) is 2.12. The minimum absolute atomic E-state index is 0.377. The molecule has 0 radical (unpaired) electrons. The van der Waals surface area contributed by atoms with E-state index in [1.807, 2.05) is 0 Å². The van der Waals surface area contributed by atoms with Crippen molar-refractivity contribution in [2.24, 2.45) is 5.92 Å². The van der Waals surface area contributed by atoms with Gasteiger partial charge in [-0.15, -0.1) is 0 Å². The van der Waals surface area contributed by atoms with Gasteiger partial charge in [0.05, 0.1) is 12.0 Å². The molecule has 0 aromatic carbocycles. The SMILES string of the molecule is CC(C#N)CNC(=O)C(F)(F)C(F)F. The maximum absolute atomic E-state index is 12.2. The number of alkyl halides is 4. The van der Waals surface area contributed by atoms with Gasteiger partial charge in [0.1, 0.15) is 0 Å². The van der Waals surface area contributed by atoms with Crippen LogP contribution in [0.4, 0.5) is 17.6 Å². The molecule has 80 valence electrons. The summed E-state index contributed by atoms with van der Waals surface area (Å²) in [7, 11) is 0. The van der Waals surface area contributed by atoms with E-state index < -0.39 is 24.2 Å². The molecule has 14 heavy (non-hydrogen) atoms. The molecule has 0 bridgehead atoms. The second kappa shape index (κ2) is 4.79. The number of halogens is 4. The zero-order valence-corrected chi connectivity index (χ0v) is 7.23. The van der Waals surface area contributed by atoms with Crippen LogP contribution in [-0.2, 0) is 4.79 Å². The van der Waals surface area contributed by atoms with Crippen LogP contribution in [0.2, 0.25) is 0 Å². The molecule has 3 nitrogen and oxygen atoms in total. The molecule has 0 fully saturated rings. The van der Waals surface area contributed by atoms with Crippen LogP contribution in [0.5, 0.6) is 0 Å². The summed E-state index contributed by atoms with van der Waals surface area (Å²) in [6, 6.07) is 1.65. The molecule has 0 rings (SSSR count). The highest BCUT2D eigenvalue weighted by Crippen LogP contribution is 2.22. The summed E-state index contributed by atoms with van der Waals surface area (Å²) in [6.07, 6.45) is -4.04. The second-order valence-corrected chi connectivity index (χ2v) is 2.66. The highest BCUT2D eigenvalue weighted by Gasteiger charge is 2.48. The third-order valence-electron chi connectivity index (χ3n) is 1.37. The van der Waals surface area contributed by atoms with Crippen LogP contribution in [0.3, 0.4) is 0 Å². The Morgan fingerprint density at radius 3 is 2.43 bits per heavy atom. The van der Waals surface area contributed by atoms with Gasteiger partial charge in [-0.25, -0.2) is 8.78 Å². The summed E-state index contributed by atoms with van der Waals surface area (Å²) in [5.41, 5.74) is 0. The van der Waals surface area contributed by atoms with Crippen molar-refractivity contribution in [1.29, 1.82) is 5.26 Å². The quantitative estimate of drug-likeness (QED) is 0.711. The van der Waals surface area contributed by atoms with Crippen molar-refractivity contribution in [3.05, 3.63) is 0 Å². The number of rotatable bonds is 4. The van der Waals surface area contributed by atoms with Gasteiger partial charge in [0, 0.05) is 6.54 Å². The first kappa shape index (κ1) is 12.7. The van der Waals surface area contributed by atoms with Crippen molar-refractivity contribution in [3.63, 3.8) is 0 Å². The van der Waals surface area contributed by atoms with Crippen molar-refractivity contribution in [1.82, 2.24) is 5.32 Å². The smallest absolute Gasteiger partial charge is 0.349 e. The summed E-state index contributed by atoms with van der Waals surface area (Å²) in [5.74, 6) is -7.46. The fourth-order valence-electron chi connectivity index (χ4n) is 0.508. The molecule has 0 heterocycles. The fraction of sp³-hybridized carbons (Fsp3) is 0.714. The molecule has 0 saturated heterocycles. The van der Waals surface area contributed by atoms with Crippen molar-refractivity contribution >= 4 is 5.91 Å². The molecule has 0 aliphatic carbocycles. The highest BCUT2D eigenvalue weighted by molar-refractivity contribution is 5.83. The fourth-order valence-corrected chi connectivity index (χ4v) is 0.508. The largest absolute Gasteiger partial charge is 0.383 e. The lowest BCUT2D eigenvalue weighted by Crippen LogP contribution is -2.46. The molecular formula is C7H8F4N2O. The van der Waals surface area contributed by atoms with Gasteiger partial charge in [0.25, 0.3) is 5.91 Å². The van der Waals surface area contributed by atoms with E-state index in [-0.39, 0.29) is 6.54 Å². The van der Waals surface area contributed by atoms with E-state index in [1.165, 1.54) is 6.92 Å². The Morgan fingerprint density at radius 2 is 2.07 bits per heavy atom. The number of hydrogen-bond donors (Lipinski definition) is 1. The number of carbonyl (C=O) groups is 1. The molecule has 1 N–H and O–H groups in total. The van der Waals surface area contributed by atoms with Gasteiger partial charge in [-0.05, 0) is 6.92 Å². The van der Waals surface area contributed by atoms with Crippen molar-refractivity contribution < 1.29 is 22.4 Å². The Hall–Kier alpha value is -1.32. The van der Waals surface area contributed by atoms with Crippen LogP contribution >= 0.6 is 0 Å². The molecule has 1 unspecified atom stereocenters. The summed E-state index contributed by atoms with van der Waals surface area (Å²) in [5, 5.41) is 9.79. The number of nitrogens with zero attached hydrogens (tertiary/aromatic N) is 1. The maximum Gasteiger partial charge on any atom is 0.383 e. The zero-order chi connectivity index (χ0) is 11.4. The Bertz CT molecular complexity index is 249. The minimum atomic E-state index is -4.70. The monoisotopic (exact) mass is 212 g/mol. The topological polar surface area (TPSA) is 52.9 Å². The Kier molecular flexibility index (Phi) is 4.34. The highest BCUT2D eigenvalue weighted by atomic mass is 19.3. The lowest BCUT2D eigenvalue weighted by Gasteiger charge is -2.14. The third-order valence-corrected chi connectivity index (χ3v) is 1.37. The second-order valence-electron chi connectivity index (χ2n) is 2.66. The molecule has 0 saturated carbocycles. The first-order valence-electron chi connectivity index (χ1n) is 3.66. The predicted molar refractivity (Wildman–Crippen MR) is 38.7 cm³/mol. The van der Waals surface area contributed by atoms with E-state index in [0.717, 1.165) is 0 Å². The van der Waals surface area contributed by atoms with E-state index in [9.17, 15) is 22.4 Å². The minimum Gasteiger partial charge on any atom is -0.349 e.